The number of aliphatic carboxylic acids is 1. The van der Waals surface area contributed by atoms with E-state index in [2.05, 4.69) is 20.8 Å². The van der Waals surface area contributed by atoms with Gasteiger partial charge in [0.1, 0.15) is 0 Å². The van der Waals surface area contributed by atoms with E-state index in [9.17, 15) is 9.59 Å². The zero-order valence-corrected chi connectivity index (χ0v) is 10.3. The summed E-state index contributed by atoms with van der Waals surface area (Å²) in [6.07, 6.45) is 2.53. The highest BCUT2D eigenvalue weighted by Gasteiger charge is 2.08. The van der Waals surface area contributed by atoms with Crippen molar-refractivity contribution in [2.24, 2.45) is 7.05 Å². The summed E-state index contributed by atoms with van der Waals surface area (Å²) in [6.45, 7) is 0.545. The zero-order valence-electron chi connectivity index (χ0n) is 10.3. The van der Waals surface area contributed by atoms with Gasteiger partial charge in [-0.15, -0.1) is 5.10 Å². The molecule has 0 radical (unpaired) electrons. The van der Waals surface area contributed by atoms with Crippen molar-refractivity contribution in [1.82, 2.24) is 25.5 Å². The first-order chi connectivity index (χ1) is 8.59. The molecule has 0 aliphatic heterocycles. The second kappa shape index (κ2) is 7.36. The molecular formula is C10H17N5O3. The molecular weight excluding hydrogens is 238 g/mol. The van der Waals surface area contributed by atoms with E-state index in [0.29, 0.717) is 18.8 Å². The number of aromatic nitrogens is 4. The average molecular weight is 255 g/mol. The average Bonchev–Trinajstić information content (AvgIpc) is 2.69. The standard InChI is InChI=1S/C10H17N5O3/c1-15-8(12-13-14-15)7-9(16)11-6-4-2-3-5-10(17)18/h2-7H2,1H3,(H,11,16)(H,17,18). The number of nitrogens with one attached hydrogen (secondary N) is 1. The van der Waals surface area contributed by atoms with Crippen LogP contribution in [0.15, 0.2) is 0 Å². The SMILES string of the molecule is Cn1nnnc1CC(=O)NCCCCCC(=O)O. The molecule has 1 heterocycles. The maximum Gasteiger partial charge on any atom is 0.303 e. The van der Waals surface area contributed by atoms with Crippen molar-refractivity contribution in [2.45, 2.75) is 32.1 Å². The number of nitrogens with zero attached hydrogens (tertiary/aromatic N) is 4. The minimum absolute atomic E-state index is 0.133. The van der Waals surface area contributed by atoms with Gasteiger partial charge >= 0.3 is 5.97 Å². The fraction of sp³-hybridized carbons (Fsp3) is 0.700. The molecule has 1 aromatic rings. The van der Waals surface area contributed by atoms with Gasteiger partial charge in [0.05, 0.1) is 6.42 Å². The van der Waals surface area contributed by atoms with Crippen LogP contribution in [0.1, 0.15) is 31.5 Å². The van der Waals surface area contributed by atoms with E-state index in [4.69, 9.17) is 5.11 Å². The van der Waals surface area contributed by atoms with Crippen molar-refractivity contribution in [1.29, 1.82) is 0 Å². The van der Waals surface area contributed by atoms with Crippen molar-refractivity contribution in [2.75, 3.05) is 6.54 Å². The number of unbranched alkanes of at least 4 members (excludes halogenated alkanes) is 2. The molecule has 0 fully saturated rings. The van der Waals surface area contributed by atoms with Crippen LogP contribution >= 0.6 is 0 Å². The molecule has 8 nitrogen and oxygen atoms in total. The molecule has 1 amide bonds. The Morgan fingerprint density at radius 3 is 2.72 bits per heavy atom. The quantitative estimate of drug-likeness (QED) is 0.607. The van der Waals surface area contributed by atoms with Crippen LogP contribution in [-0.2, 0) is 23.1 Å². The second-order valence-electron chi connectivity index (χ2n) is 3.95. The summed E-state index contributed by atoms with van der Waals surface area (Å²) in [5.74, 6) is -0.404. The number of tetrazole rings is 1. The first kappa shape index (κ1) is 14.1. The minimum Gasteiger partial charge on any atom is -0.481 e. The summed E-state index contributed by atoms with van der Waals surface area (Å²) in [6, 6.07) is 0. The molecule has 2 N–H and O–H groups in total. The topological polar surface area (TPSA) is 110 Å². The molecule has 0 saturated carbocycles. The highest BCUT2D eigenvalue weighted by molar-refractivity contribution is 5.77. The Kier molecular flexibility index (Phi) is 5.75. The zero-order chi connectivity index (χ0) is 13.4. The number of rotatable bonds is 8. The van der Waals surface area contributed by atoms with Gasteiger partial charge in [-0.2, -0.15) is 0 Å². The first-order valence-corrected chi connectivity index (χ1v) is 5.79. The summed E-state index contributed by atoms with van der Waals surface area (Å²) >= 11 is 0. The molecule has 0 aromatic carbocycles. The van der Waals surface area contributed by atoms with Crippen molar-refractivity contribution in [3.63, 3.8) is 0 Å². The van der Waals surface area contributed by atoms with Gasteiger partial charge in [-0.3, -0.25) is 9.59 Å². The predicted octanol–water partition coefficient (Wildman–Crippen LogP) is -0.486. The van der Waals surface area contributed by atoms with Crippen molar-refractivity contribution in [3.8, 4) is 0 Å². The molecule has 8 heteroatoms. The van der Waals surface area contributed by atoms with Gasteiger partial charge in [-0.1, -0.05) is 6.42 Å². The van der Waals surface area contributed by atoms with E-state index < -0.39 is 5.97 Å². The Morgan fingerprint density at radius 2 is 2.11 bits per heavy atom. The third-order valence-corrected chi connectivity index (χ3v) is 2.42. The lowest BCUT2D eigenvalue weighted by Gasteiger charge is -2.03. The molecule has 0 spiro atoms. The number of carboxylic acid groups (broad SMARTS) is 1. The van der Waals surface area contributed by atoms with Crippen LogP contribution in [0.3, 0.4) is 0 Å². The van der Waals surface area contributed by atoms with E-state index in [1.54, 1.807) is 7.05 Å². The van der Waals surface area contributed by atoms with Crippen LogP contribution in [0.2, 0.25) is 0 Å². The Balaban J connectivity index is 2.07. The molecule has 18 heavy (non-hydrogen) atoms. The summed E-state index contributed by atoms with van der Waals surface area (Å²) in [5, 5.41) is 22.0. The Bertz CT molecular complexity index is 404. The monoisotopic (exact) mass is 255 g/mol. The lowest BCUT2D eigenvalue weighted by molar-refractivity contribution is -0.137. The fourth-order valence-electron chi connectivity index (χ4n) is 1.41. The summed E-state index contributed by atoms with van der Waals surface area (Å²) in [4.78, 5) is 21.7. The van der Waals surface area contributed by atoms with Gasteiger partial charge in [-0.25, -0.2) is 4.68 Å². The van der Waals surface area contributed by atoms with Crippen LogP contribution in [-0.4, -0.2) is 43.7 Å². The number of carbonyl (C=O) groups is 2. The van der Waals surface area contributed by atoms with Crippen LogP contribution in [0.4, 0.5) is 0 Å². The van der Waals surface area contributed by atoms with Gasteiger partial charge in [-0.05, 0) is 23.3 Å². The fourth-order valence-corrected chi connectivity index (χ4v) is 1.41. The minimum atomic E-state index is -0.784. The van der Waals surface area contributed by atoms with Gasteiger partial charge < -0.3 is 10.4 Å². The number of carbonyl (C=O) groups excluding carboxylic acids is 1. The van der Waals surface area contributed by atoms with Gasteiger partial charge in [0.25, 0.3) is 0 Å². The second-order valence-corrected chi connectivity index (χ2v) is 3.95. The summed E-state index contributed by atoms with van der Waals surface area (Å²) < 4.78 is 1.45. The normalized spacial score (nSPS) is 10.3. The van der Waals surface area contributed by atoms with E-state index in [1.165, 1.54) is 4.68 Å². The molecule has 0 saturated heterocycles. The molecule has 1 rings (SSSR count). The summed E-state index contributed by atoms with van der Waals surface area (Å²) in [7, 11) is 1.68. The molecule has 0 bridgehead atoms. The highest BCUT2D eigenvalue weighted by atomic mass is 16.4. The molecule has 0 unspecified atom stereocenters. The Labute approximate surface area is 104 Å². The van der Waals surface area contributed by atoms with E-state index in [0.717, 1.165) is 12.8 Å². The number of hydrogen-bond acceptors (Lipinski definition) is 5. The summed E-state index contributed by atoms with van der Waals surface area (Å²) in [5.41, 5.74) is 0. The Hall–Kier alpha value is -1.99. The van der Waals surface area contributed by atoms with E-state index in [1.807, 2.05) is 0 Å². The van der Waals surface area contributed by atoms with Crippen molar-refractivity contribution >= 4 is 11.9 Å². The van der Waals surface area contributed by atoms with Gasteiger partial charge in [0, 0.05) is 20.0 Å². The van der Waals surface area contributed by atoms with Crippen LogP contribution in [0.25, 0.3) is 0 Å². The van der Waals surface area contributed by atoms with Crippen LogP contribution < -0.4 is 5.32 Å². The molecule has 100 valence electrons. The maximum absolute atomic E-state index is 11.5. The molecule has 1 aromatic heterocycles. The van der Waals surface area contributed by atoms with Gasteiger partial charge in [0.2, 0.25) is 5.91 Å². The largest absolute Gasteiger partial charge is 0.481 e. The smallest absolute Gasteiger partial charge is 0.303 e. The molecule has 0 aliphatic rings. The Morgan fingerprint density at radius 1 is 1.33 bits per heavy atom. The van der Waals surface area contributed by atoms with Crippen molar-refractivity contribution < 1.29 is 14.7 Å². The third kappa shape index (κ3) is 5.37. The van der Waals surface area contributed by atoms with E-state index in [-0.39, 0.29) is 18.7 Å². The highest BCUT2D eigenvalue weighted by Crippen LogP contribution is 1.98. The number of aryl methyl sites for hydroxylation is 1. The van der Waals surface area contributed by atoms with Crippen LogP contribution in [0, 0.1) is 0 Å². The predicted molar refractivity (Wildman–Crippen MR) is 61.6 cm³/mol. The third-order valence-electron chi connectivity index (χ3n) is 2.42. The van der Waals surface area contributed by atoms with Gasteiger partial charge in [0.15, 0.2) is 5.82 Å². The first-order valence-electron chi connectivity index (χ1n) is 5.79. The molecule has 0 atom stereocenters. The van der Waals surface area contributed by atoms with Crippen LogP contribution in [0.5, 0.6) is 0 Å². The number of amides is 1. The van der Waals surface area contributed by atoms with E-state index >= 15 is 0 Å². The lowest BCUT2D eigenvalue weighted by atomic mass is 10.2. The molecule has 0 aliphatic carbocycles. The van der Waals surface area contributed by atoms with Crippen molar-refractivity contribution in [3.05, 3.63) is 5.82 Å². The number of hydrogen-bond donors (Lipinski definition) is 2. The number of carboxylic acids is 1. The maximum atomic E-state index is 11.5. The lowest BCUT2D eigenvalue weighted by Crippen LogP contribution is -2.27.